The molecule has 1 aliphatic rings. The molecule has 4 rings (SSSR count). The lowest BCUT2D eigenvalue weighted by Gasteiger charge is -2.31. The summed E-state index contributed by atoms with van der Waals surface area (Å²) in [5.74, 6) is -0.797. The number of anilines is 1. The Morgan fingerprint density at radius 1 is 1.31 bits per heavy atom. The minimum Gasteiger partial charge on any atom is -0.503 e. The molecular formula is C22H23F3N6O4S. The lowest BCUT2D eigenvalue weighted by Crippen LogP contribution is -2.40. The second-order valence-corrected chi connectivity index (χ2v) is 9.11. The molecule has 0 bridgehead atoms. The van der Waals surface area contributed by atoms with Crippen LogP contribution in [0.1, 0.15) is 45.6 Å². The van der Waals surface area contributed by atoms with Crippen LogP contribution in [0, 0.1) is 6.92 Å². The van der Waals surface area contributed by atoms with Crippen LogP contribution in [-0.4, -0.2) is 61.8 Å². The summed E-state index contributed by atoms with van der Waals surface area (Å²) in [6.45, 7) is 2.08. The first-order valence-electron chi connectivity index (χ1n) is 10.9. The number of aryl methyl sites for hydroxylation is 1. The van der Waals surface area contributed by atoms with Crippen LogP contribution < -0.4 is 10.1 Å². The molecule has 0 radical (unpaired) electrons. The molecule has 2 N–H and O–H groups in total. The highest BCUT2D eigenvalue weighted by Crippen LogP contribution is 2.33. The summed E-state index contributed by atoms with van der Waals surface area (Å²) in [6.07, 6.45) is -1.97. The number of pyridine rings is 1. The molecule has 0 aromatic carbocycles. The minimum atomic E-state index is -4.56. The van der Waals surface area contributed by atoms with Gasteiger partial charge in [-0.2, -0.15) is 18.3 Å². The van der Waals surface area contributed by atoms with Gasteiger partial charge in [-0.1, -0.05) is 0 Å². The lowest BCUT2D eigenvalue weighted by molar-refractivity contribution is -0.142. The van der Waals surface area contributed by atoms with E-state index in [1.165, 1.54) is 37.6 Å². The lowest BCUT2D eigenvalue weighted by atomic mass is 9.97. The number of rotatable bonds is 6. The van der Waals surface area contributed by atoms with Gasteiger partial charge in [0.1, 0.15) is 12.4 Å². The number of likely N-dealkylation sites (tertiary alicyclic amines) is 1. The summed E-state index contributed by atoms with van der Waals surface area (Å²) in [5.41, 5.74) is -0.943. The van der Waals surface area contributed by atoms with Crippen LogP contribution in [0.3, 0.4) is 0 Å². The second-order valence-electron chi connectivity index (χ2n) is 8.22. The van der Waals surface area contributed by atoms with E-state index in [0.29, 0.717) is 31.7 Å². The molecule has 2 amide bonds. The quantitative estimate of drug-likeness (QED) is 0.507. The molecule has 192 valence electrons. The normalized spacial score (nSPS) is 14.6. The number of piperidine rings is 1. The van der Waals surface area contributed by atoms with Gasteiger partial charge in [0.25, 0.3) is 5.91 Å². The van der Waals surface area contributed by atoms with Gasteiger partial charge in [-0.25, -0.2) is 9.97 Å². The third-order valence-electron chi connectivity index (χ3n) is 5.84. The minimum absolute atomic E-state index is 0.0660. The number of hydrogen-bond acceptors (Lipinski definition) is 8. The van der Waals surface area contributed by atoms with Crippen molar-refractivity contribution in [2.24, 2.45) is 0 Å². The molecule has 3 aromatic rings. The summed E-state index contributed by atoms with van der Waals surface area (Å²) >= 11 is 1.37. The van der Waals surface area contributed by atoms with E-state index in [1.54, 1.807) is 10.3 Å². The van der Waals surface area contributed by atoms with Crippen molar-refractivity contribution in [2.45, 2.75) is 38.4 Å². The van der Waals surface area contributed by atoms with E-state index >= 15 is 0 Å². The number of carbonyl (C=O) groups excluding carboxylic acids is 2. The van der Waals surface area contributed by atoms with Crippen LogP contribution in [0.2, 0.25) is 0 Å². The van der Waals surface area contributed by atoms with Crippen LogP contribution in [0.5, 0.6) is 11.5 Å². The van der Waals surface area contributed by atoms with Crippen molar-refractivity contribution in [1.29, 1.82) is 0 Å². The van der Waals surface area contributed by atoms with E-state index in [9.17, 15) is 27.9 Å². The number of amides is 2. The average molecular weight is 525 g/mol. The molecule has 0 spiro atoms. The highest BCUT2D eigenvalue weighted by atomic mass is 32.1. The number of aromatic nitrogens is 4. The predicted molar refractivity (Wildman–Crippen MR) is 123 cm³/mol. The Hall–Kier alpha value is -3.68. The standard InChI is InChI=1S/C22H23F3N6O4S/c1-12-9-15(22(23,24)25)29-31(12)10-17(32)30-7-4-13(5-8-30)21-28-16(11-36-21)27-20(34)18-19(33)14(35-2)3-6-26-18/h3,6,9,11,13,33H,4-5,7-8,10H2,1-2H3,(H,27,34). The fourth-order valence-corrected chi connectivity index (χ4v) is 4.81. The van der Waals surface area contributed by atoms with Gasteiger partial charge in [-0.15, -0.1) is 11.3 Å². The molecule has 3 aromatic heterocycles. The maximum absolute atomic E-state index is 12.9. The number of halogens is 3. The van der Waals surface area contributed by atoms with Gasteiger partial charge in [0.2, 0.25) is 5.91 Å². The number of thiazole rings is 1. The van der Waals surface area contributed by atoms with E-state index in [1.807, 2.05) is 0 Å². The van der Waals surface area contributed by atoms with Gasteiger partial charge < -0.3 is 20.1 Å². The molecule has 14 heteroatoms. The Morgan fingerprint density at radius 2 is 2.03 bits per heavy atom. The maximum atomic E-state index is 12.9. The van der Waals surface area contributed by atoms with Crippen molar-refractivity contribution in [3.05, 3.63) is 45.8 Å². The Balaban J connectivity index is 1.32. The molecule has 10 nitrogen and oxygen atoms in total. The van der Waals surface area contributed by atoms with E-state index in [-0.39, 0.29) is 41.3 Å². The third kappa shape index (κ3) is 5.42. The molecule has 1 fully saturated rings. The number of carbonyl (C=O) groups is 2. The van der Waals surface area contributed by atoms with Gasteiger partial charge in [0, 0.05) is 42.3 Å². The SMILES string of the molecule is COc1ccnc(C(=O)Nc2csc(C3CCN(C(=O)Cn4nc(C(F)(F)F)cc4C)CC3)n2)c1O. The monoisotopic (exact) mass is 524 g/mol. The smallest absolute Gasteiger partial charge is 0.435 e. The largest absolute Gasteiger partial charge is 0.503 e. The van der Waals surface area contributed by atoms with Crippen molar-refractivity contribution in [3.8, 4) is 11.5 Å². The Labute approximate surface area is 207 Å². The molecule has 1 saturated heterocycles. The molecule has 36 heavy (non-hydrogen) atoms. The molecule has 0 unspecified atom stereocenters. The summed E-state index contributed by atoms with van der Waals surface area (Å²) in [4.78, 5) is 35.1. The summed E-state index contributed by atoms with van der Waals surface area (Å²) in [7, 11) is 1.37. The van der Waals surface area contributed by atoms with Crippen LogP contribution in [-0.2, 0) is 17.5 Å². The van der Waals surface area contributed by atoms with Crippen molar-refractivity contribution in [1.82, 2.24) is 24.6 Å². The maximum Gasteiger partial charge on any atom is 0.435 e. The zero-order chi connectivity index (χ0) is 26.0. The van der Waals surface area contributed by atoms with E-state index in [2.05, 4.69) is 20.4 Å². The Kier molecular flexibility index (Phi) is 7.15. The number of alkyl halides is 3. The van der Waals surface area contributed by atoms with Crippen molar-refractivity contribution in [2.75, 3.05) is 25.5 Å². The van der Waals surface area contributed by atoms with E-state index in [4.69, 9.17) is 4.74 Å². The van der Waals surface area contributed by atoms with Gasteiger partial charge in [-0.05, 0) is 25.8 Å². The van der Waals surface area contributed by atoms with Crippen LogP contribution in [0.15, 0.2) is 23.7 Å². The van der Waals surface area contributed by atoms with Gasteiger partial charge in [0.15, 0.2) is 22.9 Å². The molecule has 4 heterocycles. The fraction of sp³-hybridized carbons (Fsp3) is 0.409. The number of nitrogens with one attached hydrogen (secondary N) is 1. The van der Waals surface area contributed by atoms with E-state index < -0.39 is 17.8 Å². The van der Waals surface area contributed by atoms with Crippen molar-refractivity contribution < 1.29 is 32.6 Å². The molecule has 0 aliphatic carbocycles. The first kappa shape index (κ1) is 25.4. The number of methoxy groups -OCH3 is 1. The van der Waals surface area contributed by atoms with Crippen LogP contribution in [0.4, 0.5) is 19.0 Å². The Bertz CT molecular complexity index is 1270. The molecular weight excluding hydrogens is 501 g/mol. The first-order chi connectivity index (χ1) is 17.1. The highest BCUT2D eigenvalue weighted by molar-refractivity contribution is 7.10. The highest BCUT2D eigenvalue weighted by Gasteiger charge is 2.35. The van der Waals surface area contributed by atoms with Crippen molar-refractivity contribution >= 4 is 29.0 Å². The molecule has 1 aliphatic heterocycles. The van der Waals surface area contributed by atoms with Crippen molar-refractivity contribution in [3.63, 3.8) is 0 Å². The molecule has 0 atom stereocenters. The number of ether oxygens (including phenoxy) is 1. The topological polar surface area (TPSA) is 122 Å². The van der Waals surface area contributed by atoms with Crippen LogP contribution >= 0.6 is 11.3 Å². The second kappa shape index (κ2) is 10.1. The third-order valence-corrected chi connectivity index (χ3v) is 6.85. The molecule has 0 saturated carbocycles. The predicted octanol–water partition coefficient (Wildman–Crippen LogP) is 3.43. The van der Waals surface area contributed by atoms with Gasteiger partial charge in [0.05, 0.1) is 12.1 Å². The van der Waals surface area contributed by atoms with Gasteiger partial charge >= 0.3 is 6.18 Å². The summed E-state index contributed by atoms with van der Waals surface area (Å²) < 4.78 is 44.7. The Morgan fingerprint density at radius 3 is 2.67 bits per heavy atom. The average Bonchev–Trinajstić information content (AvgIpc) is 3.46. The fourth-order valence-electron chi connectivity index (χ4n) is 3.89. The summed E-state index contributed by atoms with van der Waals surface area (Å²) in [6, 6.07) is 2.35. The van der Waals surface area contributed by atoms with E-state index in [0.717, 1.165) is 15.8 Å². The number of hydrogen-bond donors (Lipinski definition) is 2. The first-order valence-corrected chi connectivity index (χ1v) is 11.8. The summed E-state index contributed by atoms with van der Waals surface area (Å²) in [5, 5.41) is 18.7. The zero-order valence-electron chi connectivity index (χ0n) is 19.4. The van der Waals surface area contributed by atoms with Crippen LogP contribution in [0.25, 0.3) is 0 Å². The zero-order valence-corrected chi connectivity index (χ0v) is 20.2. The number of aromatic hydroxyl groups is 1. The number of nitrogens with zero attached hydrogens (tertiary/aromatic N) is 5. The van der Waals surface area contributed by atoms with Gasteiger partial charge in [-0.3, -0.25) is 14.3 Å².